The van der Waals surface area contributed by atoms with Crippen LogP contribution in [0.2, 0.25) is 0 Å². The number of benzene rings is 3. The van der Waals surface area contributed by atoms with Crippen LogP contribution in [0.25, 0.3) is 0 Å². The second-order valence-electron chi connectivity index (χ2n) is 9.14. The minimum Gasteiger partial charge on any atom is -0.354 e. The summed E-state index contributed by atoms with van der Waals surface area (Å²) < 4.78 is 29.8. The van der Waals surface area contributed by atoms with E-state index in [2.05, 4.69) is 21.2 Å². The molecule has 3 aromatic carbocycles. The normalized spacial score (nSPS) is 12.0. The molecule has 0 aromatic heterocycles. The molecule has 1 N–H and O–H groups in total. The lowest BCUT2D eigenvalue weighted by molar-refractivity contribution is -0.139. The van der Waals surface area contributed by atoms with Gasteiger partial charge in [-0.3, -0.25) is 13.9 Å². The van der Waals surface area contributed by atoms with Crippen LogP contribution in [0.3, 0.4) is 0 Å². The fraction of sp³-hybridized carbons (Fsp3) is 0.310. The molecule has 0 aliphatic rings. The number of nitrogens with zero attached hydrogens (tertiary/aromatic N) is 2. The molecular formula is C29H34BrN3O4S2. The first-order valence-electron chi connectivity index (χ1n) is 12.6. The second kappa shape index (κ2) is 14.0. The smallest absolute Gasteiger partial charge is 0.264 e. The van der Waals surface area contributed by atoms with Crippen LogP contribution in [0.15, 0.2) is 87.1 Å². The molecule has 0 heterocycles. The van der Waals surface area contributed by atoms with E-state index in [-0.39, 0.29) is 17.3 Å². The zero-order valence-electron chi connectivity index (χ0n) is 22.6. The van der Waals surface area contributed by atoms with E-state index in [0.717, 1.165) is 31.2 Å². The molecule has 0 saturated heterocycles. The monoisotopic (exact) mass is 631 g/mol. The molecular weight excluding hydrogens is 598 g/mol. The predicted molar refractivity (Wildman–Crippen MR) is 161 cm³/mol. The second-order valence-corrected chi connectivity index (χ2v) is 12.8. The van der Waals surface area contributed by atoms with Crippen molar-refractivity contribution in [3.05, 3.63) is 88.4 Å². The molecule has 0 radical (unpaired) electrons. The minimum absolute atomic E-state index is 0.0851. The summed E-state index contributed by atoms with van der Waals surface area (Å²) in [5.74, 6) is -0.776. The van der Waals surface area contributed by atoms with Crippen molar-refractivity contribution in [2.45, 2.75) is 49.6 Å². The van der Waals surface area contributed by atoms with Crippen LogP contribution in [0.1, 0.15) is 31.4 Å². The quantitative estimate of drug-likeness (QED) is 0.262. The number of thioether (sulfide) groups is 1. The Labute approximate surface area is 244 Å². The lowest BCUT2D eigenvalue weighted by atomic mass is 10.1. The lowest BCUT2D eigenvalue weighted by Gasteiger charge is -2.32. The van der Waals surface area contributed by atoms with E-state index in [0.29, 0.717) is 12.2 Å². The Hall–Kier alpha value is -2.82. The number of aryl methyl sites for hydroxylation is 1. The van der Waals surface area contributed by atoms with Crippen LogP contribution in [0.5, 0.6) is 0 Å². The van der Waals surface area contributed by atoms with Gasteiger partial charge in [0, 0.05) is 22.5 Å². The third-order valence-electron chi connectivity index (χ3n) is 6.23. The average molecular weight is 633 g/mol. The summed E-state index contributed by atoms with van der Waals surface area (Å²) in [5.41, 5.74) is 2.15. The molecule has 3 rings (SSSR count). The van der Waals surface area contributed by atoms with Gasteiger partial charge in [0.1, 0.15) is 12.6 Å². The number of hydrogen-bond acceptors (Lipinski definition) is 5. The van der Waals surface area contributed by atoms with Crippen molar-refractivity contribution in [3.63, 3.8) is 0 Å². The number of carbonyl (C=O) groups is 2. The Bertz CT molecular complexity index is 1360. The molecule has 3 aromatic rings. The van der Waals surface area contributed by atoms with E-state index in [1.807, 2.05) is 44.4 Å². The van der Waals surface area contributed by atoms with E-state index in [1.165, 1.54) is 16.7 Å². The van der Waals surface area contributed by atoms with Crippen LogP contribution < -0.4 is 9.62 Å². The SMILES string of the molecule is CCCNC(=O)[C@H](C)N(Cc1ccc(Br)cc1)C(=O)CN(c1ccc(C)cc1)S(=O)(=O)c1ccc(SC)cc1. The highest BCUT2D eigenvalue weighted by Crippen LogP contribution is 2.26. The van der Waals surface area contributed by atoms with Crippen LogP contribution in [0, 0.1) is 6.92 Å². The summed E-state index contributed by atoms with van der Waals surface area (Å²) in [6, 6.07) is 20.2. The first-order valence-corrected chi connectivity index (χ1v) is 16.1. The lowest BCUT2D eigenvalue weighted by Crippen LogP contribution is -2.51. The molecule has 0 aliphatic carbocycles. The highest BCUT2D eigenvalue weighted by atomic mass is 79.9. The van der Waals surface area contributed by atoms with Crippen molar-refractivity contribution >= 4 is 55.2 Å². The molecule has 0 aliphatic heterocycles. The maximum Gasteiger partial charge on any atom is 0.264 e. The minimum atomic E-state index is -4.09. The van der Waals surface area contributed by atoms with Gasteiger partial charge in [-0.2, -0.15) is 0 Å². The maximum absolute atomic E-state index is 13.9. The molecule has 7 nitrogen and oxygen atoms in total. The van der Waals surface area contributed by atoms with Gasteiger partial charge in [-0.25, -0.2) is 8.42 Å². The van der Waals surface area contributed by atoms with Crippen molar-refractivity contribution in [3.8, 4) is 0 Å². The maximum atomic E-state index is 13.9. The number of amides is 2. The fourth-order valence-corrected chi connectivity index (χ4v) is 5.97. The summed E-state index contributed by atoms with van der Waals surface area (Å²) in [6.07, 6.45) is 2.67. The standard InChI is InChI=1S/C29H34BrN3O4S2/c1-5-18-31-29(35)22(3)32(19-23-8-10-24(30)11-9-23)28(34)20-33(25-12-6-21(2)7-13-25)39(36,37)27-16-14-26(38-4)15-17-27/h6-17,22H,5,18-20H2,1-4H3,(H,31,35)/t22-/m0/s1. The molecule has 0 bridgehead atoms. The topological polar surface area (TPSA) is 86.8 Å². The van der Waals surface area contributed by atoms with E-state index >= 15 is 0 Å². The predicted octanol–water partition coefficient (Wildman–Crippen LogP) is 5.62. The van der Waals surface area contributed by atoms with Crippen molar-refractivity contribution in [1.82, 2.24) is 10.2 Å². The van der Waals surface area contributed by atoms with Crippen molar-refractivity contribution in [2.24, 2.45) is 0 Å². The number of nitrogens with one attached hydrogen (secondary N) is 1. The third-order valence-corrected chi connectivity index (χ3v) is 9.29. The Morgan fingerprint density at radius 3 is 2.15 bits per heavy atom. The molecule has 208 valence electrons. The first-order chi connectivity index (χ1) is 18.6. The number of halogens is 1. The highest BCUT2D eigenvalue weighted by Gasteiger charge is 2.32. The molecule has 10 heteroatoms. The van der Waals surface area contributed by atoms with Crippen LogP contribution in [0.4, 0.5) is 5.69 Å². The fourth-order valence-electron chi connectivity index (χ4n) is 3.88. The first kappa shape index (κ1) is 30.7. The van der Waals surface area contributed by atoms with Gasteiger partial charge in [-0.1, -0.05) is 52.7 Å². The summed E-state index contributed by atoms with van der Waals surface area (Å²) >= 11 is 4.93. The van der Waals surface area contributed by atoms with Crippen molar-refractivity contribution in [1.29, 1.82) is 0 Å². The van der Waals surface area contributed by atoms with Crippen LogP contribution >= 0.6 is 27.7 Å². The Balaban J connectivity index is 2.00. The number of hydrogen-bond donors (Lipinski definition) is 1. The molecule has 39 heavy (non-hydrogen) atoms. The zero-order valence-corrected chi connectivity index (χ0v) is 25.8. The van der Waals surface area contributed by atoms with Gasteiger partial charge in [0.15, 0.2) is 0 Å². The van der Waals surface area contributed by atoms with Gasteiger partial charge >= 0.3 is 0 Å². The zero-order chi connectivity index (χ0) is 28.6. The summed E-state index contributed by atoms with van der Waals surface area (Å²) in [6.45, 7) is 5.69. The molecule has 0 spiro atoms. The van der Waals surface area contributed by atoms with E-state index in [1.54, 1.807) is 55.5 Å². The summed E-state index contributed by atoms with van der Waals surface area (Å²) in [7, 11) is -4.09. The van der Waals surface area contributed by atoms with Gasteiger partial charge in [-0.15, -0.1) is 11.8 Å². The molecule has 0 unspecified atom stereocenters. The van der Waals surface area contributed by atoms with E-state index < -0.39 is 28.5 Å². The molecule has 0 fully saturated rings. The van der Waals surface area contributed by atoms with Crippen LogP contribution in [-0.2, 0) is 26.2 Å². The molecule has 1 atom stereocenters. The van der Waals surface area contributed by atoms with Crippen molar-refractivity contribution in [2.75, 3.05) is 23.7 Å². The molecule has 2 amide bonds. The van der Waals surface area contributed by atoms with Gasteiger partial charge in [0.2, 0.25) is 11.8 Å². The Morgan fingerprint density at radius 2 is 1.59 bits per heavy atom. The largest absolute Gasteiger partial charge is 0.354 e. The number of carbonyl (C=O) groups excluding carboxylic acids is 2. The van der Waals surface area contributed by atoms with Gasteiger partial charge in [0.25, 0.3) is 10.0 Å². The average Bonchev–Trinajstić information content (AvgIpc) is 2.94. The van der Waals surface area contributed by atoms with Crippen molar-refractivity contribution < 1.29 is 18.0 Å². The van der Waals surface area contributed by atoms with Gasteiger partial charge < -0.3 is 10.2 Å². The third kappa shape index (κ3) is 8.09. The van der Waals surface area contributed by atoms with E-state index in [9.17, 15) is 18.0 Å². The molecule has 0 saturated carbocycles. The summed E-state index contributed by atoms with van der Waals surface area (Å²) in [4.78, 5) is 29.3. The summed E-state index contributed by atoms with van der Waals surface area (Å²) in [5, 5.41) is 2.85. The highest BCUT2D eigenvalue weighted by molar-refractivity contribution is 9.10. The van der Waals surface area contributed by atoms with Gasteiger partial charge in [0.05, 0.1) is 10.6 Å². The number of sulfonamides is 1. The Kier molecular flexibility index (Phi) is 11.0. The number of anilines is 1. The Morgan fingerprint density at radius 1 is 0.974 bits per heavy atom. The van der Waals surface area contributed by atoms with E-state index in [4.69, 9.17) is 0 Å². The van der Waals surface area contributed by atoms with Crippen LogP contribution in [-0.4, -0.2) is 50.5 Å². The van der Waals surface area contributed by atoms with Gasteiger partial charge in [-0.05, 0) is 80.6 Å². The number of rotatable bonds is 12.